The van der Waals surface area contributed by atoms with Gasteiger partial charge in [0, 0.05) is 18.2 Å². The van der Waals surface area contributed by atoms with Crippen molar-refractivity contribution < 1.29 is 24.1 Å². The fourth-order valence-corrected chi connectivity index (χ4v) is 3.27. The summed E-state index contributed by atoms with van der Waals surface area (Å²) >= 11 is 0. The number of hydrogen-bond donors (Lipinski definition) is 3. The van der Waals surface area contributed by atoms with Crippen LogP contribution in [0.15, 0.2) is 39.6 Å². The molecule has 3 rings (SSSR count). The summed E-state index contributed by atoms with van der Waals surface area (Å²) in [6.45, 7) is 2.92. The minimum Gasteiger partial charge on any atom is -0.388 e. The molecule has 1 aliphatic heterocycles. The van der Waals surface area contributed by atoms with Gasteiger partial charge < -0.3 is 19.7 Å². The van der Waals surface area contributed by atoms with Gasteiger partial charge in [0.2, 0.25) is 6.30 Å². The number of H-pyrrole nitrogens is 1. The summed E-state index contributed by atoms with van der Waals surface area (Å²) in [7, 11) is 0. The summed E-state index contributed by atoms with van der Waals surface area (Å²) in [4.78, 5) is 25.3. The van der Waals surface area contributed by atoms with Crippen molar-refractivity contribution in [1.82, 2.24) is 9.55 Å². The van der Waals surface area contributed by atoms with Gasteiger partial charge in [0.1, 0.15) is 18.3 Å². The number of halogens is 1. The fourth-order valence-electron chi connectivity index (χ4n) is 3.27. The van der Waals surface area contributed by atoms with E-state index >= 15 is 0 Å². The number of hydrogen-bond acceptors (Lipinski definition) is 6. The lowest BCUT2D eigenvalue weighted by molar-refractivity contribution is -0.331. The number of nitrogens with one attached hydrogen (secondary N) is 1. The van der Waals surface area contributed by atoms with E-state index in [1.54, 1.807) is 6.92 Å². The van der Waals surface area contributed by atoms with Crippen molar-refractivity contribution in [3.05, 3.63) is 56.4 Å². The zero-order valence-electron chi connectivity index (χ0n) is 15.1. The lowest BCUT2D eigenvalue weighted by Gasteiger charge is -2.43. The first kappa shape index (κ1) is 19.7. The average Bonchev–Trinajstić information content (AvgIpc) is 3.12. The Morgan fingerprint density at radius 3 is 2.89 bits per heavy atom. The number of aromatic amines is 1. The van der Waals surface area contributed by atoms with Crippen molar-refractivity contribution in [2.24, 2.45) is 0 Å². The summed E-state index contributed by atoms with van der Waals surface area (Å²) < 4.78 is 26.7. The van der Waals surface area contributed by atoms with E-state index in [-0.39, 0.29) is 12.2 Å². The molecule has 1 aromatic rings. The number of aromatic nitrogens is 2. The SMILES string of the molecule is Cc1cn([C@H](F)C(O)[C@@H]2O[C@@](C)(CC3=CC=CC3)OCC2O)c(=O)[nH]c1=O. The second-order valence-corrected chi connectivity index (χ2v) is 7.07. The number of ether oxygens (including phenoxy) is 2. The first-order valence-electron chi connectivity index (χ1n) is 8.69. The van der Waals surface area contributed by atoms with Gasteiger partial charge in [-0.2, -0.15) is 0 Å². The average molecular weight is 382 g/mol. The molecule has 8 nitrogen and oxygen atoms in total. The Balaban J connectivity index is 1.79. The number of aryl methyl sites for hydroxylation is 1. The first-order valence-corrected chi connectivity index (χ1v) is 8.69. The molecule has 5 atom stereocenters. The Morgan fingerprint density at radius 2 is 2.22 bits per heavy atom. The highest BCUT2D eigenvalue weighted by Crippen LogP contribution is 2.34. The molecule has 0 spiro atoms. The molecule has 9 heteroatoms. The Labute approximate surface area is 154 Å². The standard InChI is InChI=1S/C18H23FN2O6/c1-10-8-21(17(25)20-16(10)24)15(19)13(23)14-12(22)9-26-18(2,27-14)7-11-5-3-4-6-11/h3-5,8,12-15,22-23H,6-7,9H2,1-2H3,(H,20,24,25)/t12?,13?,14-,15+,18+/m1/s1. The summed E-state index contributed by atoms with van der Waals surface area (Å²) in [6.07, 6.45) is 1.32. The van der Waals surface area contributed by atoms with Crippen LogP contribution in [0.5, 0.6) is 0 Å². The van der Waals surface area contributed by atoms with Crippen LogP contribution in [0.3, 0.4) is 0 Å². The summed E-state index contributed by atoms with van der Waals surface area (Å²) in [5.74, 6) is -1.14. The first-order chi connectivity index (χ1) is 12.7. The third-order valence-corrected chi connectivity index (χ3v) is 4.75. The number of allylic oxidation sites excluding steroid dienone is 3. The second kappa shape index (κ2) is 7.51. The van der Waals surface area contributed by atoms with E-state index in [2.05, 4.69) is 0 Å². The fraction of sp³-hybridized carbons (Fsp3) is 0.556. The zero-order valence-corrected chi connectivity index (χ0v) is 15.1. The maximum Gasteiger partial charge on any atom is 0.330 e. The zero-order chi connectivity index (χ0) is 19.8. The van der Waals surface area contributed by atoms with E-state index in [1.807, 2.05) is 23.2 Å². The van der Waals surface area contributed by atoms with E-state index in [4.69, 9.17) is 9.47 Å². The van der Waals surface area contributed by atoms with E-state index in [1.165, 1.54) is 6.92 Å². The monoisotopic (exact) mass is 382 g/mol. The van der Waals surface area contributed by atoms with Crippen LogP contribution in [0.2, 0.25) is 0 Å². The van der Waals surface area contributed by atoms with Gasteiger partial charge in [0.15, 0.2) is 5.79 Å². The van der Waals surface area contributed by atoms with Crippen molar-refractivity contribution in [2.45, 2.75) is 57.1 Å². The highest BCUT2D eigenvalue weighted by Gasteiger charge is 2.45. The number of aliphatic hydroxyl groups is 2. The van der Waals surface area contributed by atoms with E-state index in [0.717, 1.165) is 18.2 Å². The number of nitrogens with zero attached hydrogens (tertiary/aromatic N) is 1. The van der Waals surface area contributed by atoms with Crippen molar-refractivity contribution in [3.8, 4) is 0 Å². The molecule has 2 aliphatic rings. The molecule has 1 fully saturated rings. The second-order valence-electron chi connectivity index (χ2n) is 7.07. The minimum atomic E-state index is -2.22. The highest BCUT2D eigenvalue weighted by atomic mass is 19.1. The number of alkyl halides is 1. The third-order valence-electron chi connectivity index (χ3n) is 4.75. The lowest BCUT2D eigenvalue weighted by atomic mass is 10.0. The molecular weight excluding hydrogens is 359 g/mol. The topological polar surface area (TPSA) is 114 Å². The molecule has 0 radical (unpaired) electrons. The Morgan fingerprint density at radius 1 is 1.48 bits per heavy atom. The van der Waals surface area contributed by atoms with Crippen LogP contribution in [0.25, 0.3) is 0 Å². The quantitative estimate of drug-likeness (QED) is 0.681. The Bertz CT molecular complexity index is 875. The van der Waals surface area contributed by atoms with Gasteiger partial charge in [-0.1, -0.05) is 23.8 Å². The molecule has 0 aromatic carbocycles. The molecule has 148 valence electrons. The molecule has 1 saturated heterocycles. The van der Waals surface area contributed by atoms with Gasteiger partial charge in [0.25, 0.3) is 5.56 Å². The van der Waals surface area contributed by atoms with Crippen LogP contribution in [0, 0.1) is 6.92 Å². The third kappa shape index (κ3) is 4.11. The van der Waals surface area contributed by atoms with Crippen LogP contribution >= 0.6 is 0 Å². The van der Waals surface area contributed by atoms with Gasteiger partial charge in [-0.25, -0.2) is 9.18 Å². The highest BCUT2D eigenvalue weighted by molar-refractivity contribution is 5.24. The van der Waals surface area contributed by atoms with Gasteiger partial charge in [0.05, 0.1) is 6.61 Å². The van der Waals surface area contributed by atoms with Gasteiger partial charge in [-0.15, -0.1) is 0 Å². The Hall–Kier alpha value is -2.07. The van der Waals surface area contributed by atoms with Gasteiger partial charge in [-0.05, 0) is 20.3 Å². The number of aliphatic hydroxyl groups excluding tert-OH is 2. The summed E-state index contributed by atoms with van der Waals surface area (Å²) in [5.41, 5.74) is -0.468. The molecular formula is C18H23FN2O6. The summed E-state index contributed by atoms with van der Waals surface area (Å²) in [6, 6.07) is 0. The van der Waals surface area contributed by atoms with Crippen LogP contribution in [0.4, 0.5) is 4.39 Å². The molecule has 0 saturated carbocycles. The lowest BCUT2D eigenvalue weighted by Crippen LogP contribution is -2.56. The van der Waals surface area contributed by atoms with E-state index < -0.39 is 41.6 Å². The minimum absolute atomic E-state index is 0.114. The van der Waals surface area contributed by atoms with Crippen LogP contribution < -0.4 is 11.2 Å². The van der Waals surface area contributed by atoms with Crippen LogP contribution in [-0.4, -0.2) is 50.5 Å². The molecule has 3 N–H and O–H groups in total. The molecule has 1 aliphatic carbocycles. The molecule has 2 unspecified atom stereocenters. The Kier molecular flexibility index (Phi) is 5.48. The van der Waals surface area contributed by atoms with Gasteiger partial charge >= 0.3 is 5.69 Å². The number of rotatable bonds is 5. The van der Waals surface area contributed by atoms with Crippen molar-refractivity contribution in [1.29, 1.82) is 0 Å². The predicted molar refractivity (Wildman–Crippen MR) is 93.9 cm³/mol. The molecule has 0 bridgehead atoms. The maximum absolute atomic E-state index is 14.9. The summed E-state index contributed by atoms with van der Waals surface area (Å²) in [5, 5.41) is 20.6. The largest absolute Gasteiger partial charge is 0.388 e. The van der Waals surface area contributed by atoms with Crippen LogP contribution in [-0.2, 0) is 9.47 Å². The molecule has 2 heterocycles. The maximum atomic E-state index is 14.9. The van der Waals surface area contributed by atoms with Crippen molar-refractivity contribution >= 4 is 0 Å². The smallest absolute Gasteiger partial charge is 0.330 e. The van der Waals surface area contributed by atoms with E-state index in [0.29, 0.717) is 11.0 Å². The van der Waals surface area contributed by atoms with Crippen molar-refractivity contribution in [2.75, 3.05) is 6.61 Å². The molecule has 1 aromatic heterocycles. The van der Waals surface area contributed by atoms with Crippen LogP contribution in [0.1, 0.15) is 31.6 Å². The van der Waals surface area contributed by atoms with Crippen molar-refractivity contribution in [3.63, 3.8) is 0 Å². The normalized spacial score (nSPS) is 30.2. The van der Waals surface area contributed by atoms with Gasteiger partial charge in [-0.3, -0.25) is 14.3 Å². The molecule has 0 amide bonds. The van der Waals surface area contributed by atoms with E-state index in [9.17, 15) is 24.2 Å². The predicted octanol–water partition coefficient (Wildman–Crippen LogP) is 0.443. The molecule has 27 heavy (non-hydrogen) atoms.